The van der Waals surface area contributed by atoms with Gasteiger partial charge in [0.2, 0.25) is 11.8 Å². The van der Waals surface area contributed by atoms with Crippen molar-refractivity contribution >= 4 is 17.5 Å². The zero-order chi connectivity index (χ0) is 27.1. The van der Waals surface area contributed by atoms with Gasteiger partial charge < -0.3 is 14.7 Å². The van der Waals surface area contributed by atoms with Gasteiger partial charge in [-0.05, 0) is 75.4 Å². The number of rotatable bonds is 6. The van der Waals surface area contributed by atoms with Crippen LogP contribution in [0.4, 0.5) is 10.1 Å². The van der Waals surface area contributed by atoms with E-state index in [0.29, 0.717) is 48.3 Å². The average molecular weight is 515 g/mol. The lowest BCUT2D eigenvalue weighted by molar-refractivity contribution is -0.132. The molecule has 0 radical (unpaired) electrons. The Balaban J connectivity index is 1.96. The predicted molar refractivity (Wildman–Crippen MR) is 144 cm³/mol. The molecule has 0 aliphatic carbocycles. The van der Waals surface area contributed by atoms with Crippen molar-refractivity contribution in [3.63, 3.8) is 0 Å². The average Bonchev–Trinajstić information content (AvgIpc) is 3.10. The van der Waals surface area contributed by atoms with E-state index in [2.05, 4.69) is 28.8 Å². The minimum Gasteiger partial charge on any atom is -0.337 e. The van der Waals surface area contributed by atoms with Crippen LogP contribution in [-0.4, -0.2) is 69.1 Å². The number of hydrogen-bond acceptors (Lipinski definition) is 5. The van der Waals surface area contributed by atoms with E-state index in [1.54, 1.807) is 27.5 Å². The number of fused-ring (bicyclic) bond motifs is 1. The smallest absolute Gasteiger partial charge is 0.244 e. The van der Waals surface area contributed by atoms with E-state index in [9.17, 15) is 14.0 Å². The van der Waals surface area contributed by atoms with Crippen LogP contribution in [0.2, 0.25) is 0 Å². The largest absolute Gasteiger partial charge is 0.337 e. The first kappa shape index (κ1) is 28.8. The predicted octanol–water partition coefficient (Wildman–Crippen LogP) is 4.19. The highest BCUT2D eigenvalue weighted by molar-refractivity contribution is 5.94. The summed E-state index contributed by atoms with van der Waals surface area (Å²) in [5.41, 5.74) is 1.34. The van der Waals surface area contributed by atoms with Crippen molar-refractivity contribution in [3.8, 4) is 0 Å². The molecule has 37 heavy (non-hydrogen) atoms. The fraction of sp³-hybridized carbons (Fsp3) is 0.643. The molecule has 2 heterocycles. The van der Waals surface area contributed by atoms with E-state index in [0.717, 1.165) is 32.5 Å². The van der Waals surface area contributed by atoms with Gasteiger partial charge in [-0.2, -0.15) is 5.10 Å². The molecule has 1 aromatic heterocycles. The Morgan fingerprint density at radius 1 is 0.973 bits per heavy atom. The van der Waals surface area contributed by atoms with Gasteiger partial charge in [0, 0.05) is 38.3 Å². The van der Waals surface area contributed by atoms with Crippen molar-refractivity contribution < 1.29 is 14.0 Å². The van der Waals surface area contributed by atoms with E-state index < -0.39 is 0 Å². The molecule has 0 atom stereocenters. The van der Waals surface area contributed by atoms with Crippen molar-refractivity contribution in [2.75, 3.05) is 37.6 Å². The summed E-state index contributed by atoms with van der Waals surface area (Å²) in [6.45, 7) is 16.2. The van der Waals surface area contributed by atoms with Crippen molar-refractivity contribution in [1.29, 1.82) is 0 Å². The normalized spacial score (nSPS) is 16.0. The number of amides is 2. The molecule has 0 fully saturated rings. The van der Waals surface area contributed by atoms with E-state index in [1.165, 1.54) is 12.1 Å². The molecular formula is C28H43FN6O2. The van der Waals surface area contributed by atoms with Crippen molar-refractivity contribution in [2.45, 2.75) is 73.9 Å². The molecule has 1 aliphatic heterocycles. The fourth-order valence-corrected chi connectivity index (χ4v) is 4.97. The maximum atomic E-state index is 14.5. The molecule has 204 valence electrons. The van der Waals surface area contributed by atoms with Gasteiger partial charge in [0.25, 0.3) is 0 Å². The Kier molecular flexibility index (Phi) is 10.2. The fourth-order valence-electron chi connectivity index (χ4n) is 4.97. The monoisotopic (exact) mass is 514 g/mol. The van der Waals surface area contributed by atoms with Crippen LogP contribution in [0.15, 0.2) is 18.2 Å². The van der Waals surface area contributed by atoms with Crippen LogP contribution in [0.1, 0.15) is 64.2 Å². The van der Waals surface area contributed by atoms with E-state index >= 15 is 0 Å². The molecular weight excluding hydrogens is 471 g/mol. The molecule has 0 N–H and O–H groups in total. The third kappa shape index (κ3) is 8.35. The molecule has 8 nitrogen and oxygen atoms in total. The molecule has 0 spiro atoms. The summed E-state index contributed by atoms with van der Waals surface area (Å²) in [7, 11) is 0. The molecule has 0 bridgehead atoms. The van der Waals surface area contributed by atoms with Crippen molar-refractivity contribution in [1.82, 2.24) is 24.6 Å². The Morgan fingerprint density at radius 3 is 2.30 bits per heavy atom. The van der Waals surface area contributed by atoms with Gasteiger partial charge in [0.05, 0.1) is 0 Å². The zero-order valence-corrected chi connectivity index (χ0v) is 23.3. The van der Waals surface area contributed by atoms with Crippen molar-refractivity contribution in [3.05, 3.63) is 41.2 Å². The summed E-state index contributed by atoms with van der Waals surface area (Å²) in [4.78, 5) is 37.2. The van der Waals surface area contributed by atoms with Crippen LogP contribution in [0.3, 0.4) is 0 Å². The lowest BCUT2D eigenvalue weighted by Gasteiger charge is -2.32. The lowest BCUT2D eigenvalue weighted by Crippen LogP contribution is -2.40. The molecule has 3 rings (SSSR count). The standard InChI is InChI=1S/C28H43FN6O2/c1-20(2)15-27(36)34-14-8-12-32(17-21(3)4)11-7-13-33(18-24-16-25(29)9-10-26(24)34)28(37)19-35-23(6)30-22(5)31-35/h9-10,16,20-21H,7-8,11-15,17-19H2,1-6H3. The molecule has 0 saturated heterocycles. The second kappa shape index (κ2) is 13.1. The van der Waals surface area contributed by atoms with Gasteiger partial charge in [-0.15, -0.1) is 0 Å². The number of benzene rings is 1. The molecule has 2 aromatic rings. The van der Waals surface area contributed by atoms with E-state index in [1.807, 2.05) is 20.8 Å². The van der Waals surface area contributed by atoms with E-state index in [4.69, 9.17) is 0 Å². The van der Waals surface area contributed by atoms with Gasteiger partial charge in [0.1, 0.15) is 24.0 Å². The van der Waals surface area contributed by atoms with Crippen molar-refractivity contribution in [2.24, 2.45) is 11.8 Å². The van der Waals surface area contributed by atoms with Crippen LogP contribution in [-0.2, 0) is 22.7 Å². The van der Waals surface area contributed by atoms with Gasteiger partial charge in [-0.1, -0.05) is 27.7 Å². The maximum Gasteiger partial charge on any atom is 0.244 e. The number of halogens is 1. The number of aryl methyl sites for hydroxylation is 2. The summed E-state index contributed by atoms with van der Waals surface area (Å²) in [6, 6.07) is 4.56. The second-order valence-corrected chi connectivity index (χ2v) is 11.0. The Morgan fingerprint density at radius 2 is 1.68 bits per heavy atom. The number of carbonyl (C=O) groups is 2. The Labute approximate surface area is 220 Å². The second-order valence-electron chi connectivity index (χ2n) is 11.0. The Hall–Kier alpha value is -2.81. The Bertz CT molecular complexity index is 1070. The molecule has 9 heteroatoms. The zero-order valence-electron chi connectivity index (χ0n) is 23.3. The van der Waals surface area contributed by atoms with Gasteiger partial charge in [-0.25, -0.2) is 14.1 Å². The van der Waals surface area contributed by atoms with Crippen LogP contribution >= 0.6 is 0 Å². The van der Waals surface area contributed by atoms with Crippen LogP contribution in [0.5, 0.6) is 0 Å². The number of anilines is 1. The molecule has 1 aliphatic rings. The third-order valence-corrected chi connectivity index (χ3v) is 6.56. The molecule has 0 unspecified atom stereocenters. The SMILES string of the molecule is Cc1nc(C)n(CC(=O)N2CCCN(CC(C)C)CCCN(C(=O)CC(C)C)c3ccc(F)cc3C2)n1. The quantitative estimate of drug-likeness (QED) is 0.578. The summed E-state index contributed by atoms with van der Waals surface area (Å²) in [5, 5.41) is 4.35. The first-order valence-corrected chi connectivity index (χ1v) is 13.5. The minimum atomic E-state index is -0.375. The third-order valence-electron chi connectivity index (χ3n) is 6.56. The highest BCUT2D eigenvalue weighted by Gasteiger charge is 2.24. The summed E-state index contributed by atoms with van der Waals surface area (Å²) < 4.78 is 16.1. The summed E-state index contributed by atoms with van der Waals surface area (Å²) in [6.07, 6.45) is 2.06. The lowest BCUT2D eigenvalue weighted by atomic mass is 10.1. The number of nitrogens with zero attached hydrogens (tertiary/aromatic N) is 6. The van der Waals surface area contributed by atoms with Gasteiger partial charge >= 0.3 is 0 Å². The number of carbonyl (C=O) groups excluding carboxylic acids is 2. The maximum absolute atomic E-state index is 14.5. The molecule has 0 saturated carbocycles. The highest BCUT2D eigenvalue weighted by atomic mass is 19.1. The van der Waals surface area contributed by atoms with Gasteiger partial charge in [-0.3, -0.25) is 9.59 Å². The van der Waals surface area contributed by atoms with Crippen LogP contribution in [0, 0.1) is 31.5 Å². The molecule has 2 amide bonds. The first-order chi connectivity index (χ1) is 17.5. The van der Waals surface area contributed by atoms with E-state index in [-0.39, 0.29) is 36.6 Å². The summed E-state index contributed by atoms with van der Waals surface area (Å²) in [5.74, 6) is 1.59. The topological polar surface area (TPSA) is 74.6 Å². The minimum absolute atomic E-state index is 0.0296. The number of hydrogen-bond donors (Lipinski definition) is 0. The number of aromatic nitrogens is 3. The first-order valence-electron chi connectivity index (χ1n) is 13.5. The molecule has 1 aromatic carbocycles. The highest BCUT2D eigenvalue weighted by Crippen LogP contribution is 2.26. The van der Waals surface area contributed by atoms with Gasteiger partial charge in [0.15, 0.2) is 0 Å². The summed E-state index contributed by atoms with van der Waals surface area (Å²) >= 11 is 0. The van der Waals surface area contributed by atoms with Crippen LogP contribution in [0.25, 0.3) is 0 Å². The van der Waals surface area contributed by atoms with Crippen LogP contribution < -0.4 is 4.90 Å².